The van der Waals surface area contributed by atoms with Crippen LogP contribution in [0.25, 0.3) is 0 Å². The Bertz CT molecular complexity index is 432. The zero-order chi connectivity index (χ0) is 15.0. The SMILES string of the molecule is CC(C)(CCCCNCCc1ccc(Br)s1)/C(N)=N/O. The molecule has 0 aromatic carbocycles. The van der Waals surface area contributed by atoms with E-state index in [4.69, 9.17) is 10.9 Å². The highest BCUT2D eigenvalue weighted by Crippen LogP contribution is 2.23. The molecule has 0 fully saturated rings. The van der Waals surface area contributed by atoms with Gasteiger partial charge in [0.1, 0.15) is 5.84 Å². The summed E-state index contributed by atoms with van der Waals surface area (Å²) < 4.78 is 1.19. The molecule has 4 N–H and O–H groups in total. The lowest BCUT2D eigenvalue weighted by Crippen LogP contribution is -2.32. The zero-order valence-corrected chi connectivity index (χ0v) is 14.6. The van der Waals surface area contributed by atoms with Crippen LogP contribution in [0.3, 0.4) is 0 Å². The normalized spacial score (nSPS) is 12.8. The van der Waals surface area contributed by atoms with Crippen LogP contribution in [0.2, 0.25) is 0 Å². The van der Waals surface area contributed by atoms with Crippen molar-refractivity contribution in [2.75, 3.05) is 13.1 Å². The number of nitrogens with one attached hydrogen (secondary N) is 1. The summed E-state index contributed by atoms with van der Waals surface area (Å²) in [5.74, 6) is 0.314. The second-order valence-corrected chi connectivity index (χ2v) is 8.08. The van der Waals surface area contributed by atoms with Crippen LogP contribution in [-0.4, -0.2) is 24.1 Å². The van der Waals surface area contributed by atoms with Gasteiger partial charge < -0.3 is 16.3 Å². The average molecular weight is 362 g/mol. The van der Waals surface area contributed by atoms with E-state index in [-0.39, 0.29) is 5.41 Å². The van der Waals surface area contributed by atoms with Gasteiger partial charge in [0.05, 0.1) is 3.79 Å². The number of hydrogen-bond donors (Lipinski definition) is 3. The van der Waals surface area contributed by atoms with Crippen LogP contribution in [0.15, 0.2) is 21.1 Å². The standard InChI is InChI=1S/C14H24BrN3OS/c1-14(2,13(16)18-19)8-3-4-9-17-10-7-11-5-6-12(15)20-11/h5-6,17,19H,3-4,7-10H2,1-2H3,(H2,16,18). The first-order valence-electron chi connectivity index (χ1n) is 6.88. The minimum absolute atomic E-state index is 0.224. The molecule has 0 saturated heterocycles. The number of oxime groups is 1. The van der Waals surface area contributed by atoms with Gasteiger partial charge in [-0.15, -0.1) is 11.3 Å². The Kier molecular flexibility index (Phi) is 7.55. The fourth-order valence-electron chi connectivity index (χ4n) is 1.90. The molecule has 0 aliphatic carbocycles. The molecule has 1 aromatic rings. The molecule has 6 heteroatoms. The predicted octanol–water partition coefficient (Wildman–Crippen LogP) is 3.59. The first-order valence-corrected chi connectivity index (χ1v) is 8.49. The van der Waals surface area contributed by atoms with Crippen molar-refractivity contribution in [2.24, 2.45) is 16.3 Å². The Morgan fingerprint density at radius 1 is 1.40 bits per heavy atom. The van der Waals surface area contributed by atoms with E-state index in [9.17, 15) is 0 Å². The summed E-state index contributed by atoms with van der Waals surface area (Å²) in [6.45, 7) is 6.03. The van der Waals surface area contributed by atoms with Gasteiger partial charge in [0, 0.05) is 10.3 Å². The maximum atomic E-state index is 8.70. The summed E-state index contributed by atoms with van der Waals surface area (Å²) >= 11 is 5.26. The Balaban J connectivity index is 2.05. The number of hydrogen-bond acceptors (Lipinski definition) is 4. The van der Waals surface area contributed by atoms with Crippen LogP contribution in [0, 0.1) is 5.41 Å². The number of nitrogens with two attached hydrogens (primary N) is 1. The van der Waals surface area contributed by atoms with Gasteiger partial charge >= 0.3 is 0 Å². The zero-order valence-electron chi connectivity index (χ0n) is 12.2. The molecule has 0 aliphatic rings. The van der Waals surface area contributed by atoms with Crippen molar-refractivity contribution < 1.29 is 5.21 Å². The highest BCUT2D eigenvalue weighted by atomic mass is 79.9. The van der Waals surface area contributed by atoms with Crippen LogP contribution < -0.4 is 11.1 Å². The maximum absolute atomic E-state index is 8.70. The van der Waals surface area contributed by atoms with Gasteiger partial charge in [-0.05, 0) is 60.4 Å². The number of rotatable bonds is 9. The van der Waals surface area contributed by atoms with Gasteiger partial charge in [-0.25, -0.2) is 0 Å². The largest absolute Gasteiger partial charge is 0.409 e. The fourth-order valence-corrected chi connectivity index (χ4v) is 3.39. The molecule has 0 atom stereocenters. The summed E-state index contributed by atoms with van der Waals surface area (Å²) in [5.41, 5.74) is 5.44. The van der Waals surface area contributed by atoms with Gasteiger partial charge in [-0.3, -0.25) is 0 Å². The molecular weight excluding hydrogens is 338 g/mol. The highest BCUT2D eigenvalue weighted by molar-refractivity contribution is 9.11. The van der Waals surface area contributed by atoms with E-state index in [1.54, 1.807) is 11.3 Å². The van der Waals surface area contributed by atoms with Crippen LogP contribution in [-0.2, 0) is 6.42 Å². The van der Waals surface area contributed by atoms with Crippen LogP contribution in [0.1, 0.15) is 38.0 Å². The third-order valence-electron chi connectivity index (χ3n) is 3.38. The summed E-state index contributed by atoms with van der Waals surface area (Å²) in [6.07, 6.45) is 4.19. The summed E-state index contributed by atoms with van der Waals surface area (Å²) in [4.78, 5) is 1.40. The summed E-state index contributed by atoms with van der Waals surface area (Å²) in [6, 6.07) is 4.26. The van der Waals surface area contributed by atoms with Crippen molar-refractivity contribution in [1.82, 2.24) is 5.32 Å². The lowest BCUT2D eigenvalue weighted by Gasteiger charge is -2.22. The maximum Gasteiger partial charge on any atom is 0.144 e. The number of halogens is 1. The van der Waals surface area contributed by atoms with Crippen molar-refractivity contribution in [3.05, 3.63) is 20.8 Å². The monoisotopic (exact) mass is 361 g/mol. The van der Waals surface area contributed by atoms with Crippen molar-refractivity contribution in [2.45, 2.75) is 39.5 Å². The van der Waals surface area contributed by atoms with Gasteiger partial charge in [0.25, 0.3) is 0 Å². The molecule has 0 aliphatic heterocycles. The smallest absolute Gasteiger partial charge is 0.144 e. The number of unbranched alkanes of at least 4 members (excludes halogenated alkanes) is 1. The van der Waals surface area contributed by atoms with Crippen LogP contribution in [0.4, 0.5) is 0 Å². The molecule has 20 heavy (non-hydrogen) atoms. The molecule has 0 bridgehead atoms. The van der Waals surface area contributed by atoms with E-state index in [2.05, 4.69) is 38.5 Å². The van der Waals surface area contributed by atoms with E-state index < -0.39 is 0 Å². The first kappa shape index (κ1) is 17.5. The number of nitrogens with zero attached hydrogens (tertiary/aromatic N) is 1. The van der Waals surface area contributed by atoms with E-state index in [1.165, 1.54) is 8.66 Å². The van der Waals surface area contributed by atoms with E-state index in [0.717, 1.165) is 38.8 Å². The molecule has 0 amide bonds. The molecule has 1 heterocycles. The molecule has 1 aromatic heterocycles. The highest BCUT2D eigenvalue weighted by Gasteiger charge is 2.22. The molecule has 114 valence electrons. The number of thiophene rings is 1. The van der Waals surface area contributed by atoms with Crippen molar-refractivity contribution in [1.29, 1.82) is 0 Å². The summed E-state index contributed by atoms with van der Waals surface area (Å²) in [7, 11) is 0. The third kappa shape index (κ3) is 6.24. The number of amidine groups is 1. The Hall–Kier alpha value is -0.590. The van der Waals surface area contributed by atoms with E-state index in [1.807, 2.05) is 13.8 Å². The molecular formula is C14H24BrN3OS. The van der Waals surface area contributed by atoms with E-state index in [0.29, 0.717) is 5.84 Å². The van der Waals surface area contributed by atoms with Crippen LogP contribution in [0.5, 0.6) is 0 Å². The molecule has 0 radical (unpaired) electrons. The van der Waals surface area contributed by atoms with Gasteiger partial charge in [0.15, 0.2) is 0 Å². The van der Waals surface area contributed by atoms with Crippen molar-refractivity contribution >= 4 is 33.1 Å². The molecule has 0 spiro atoms. The summed E-state index contributed by atoms with van der Waals surface area (Å²) in [5, 5.41) is 15.3. The minimum atomic E-state index is -0.224. The average Bonchev–Trinajstić information content (AvgIpc) is 2.82. The second-order valence-electron chi connectivity index (χ2n) is 5.53. The van der Waals surface area contributed by atoms with Gasteiger partial charge in [-0.1, -0.05) is 25.4 Å². The third-order valence-corrected chi connectivity index (χ3v) is 5.07. The minimum Gasteiger partial charge on any atom is -0.409 e. The Morgan fingerprint density at radius 2 is 2.15 bits per heavy atom. The predicted molar refractivity (Wildman–Crippen MR) is 89.6 cm³/mol. The van der Waals surface area contributed by atoms with Crippen LogP contribution >= 0.6 is 27.3 Å². The van der Waals surface area contributed by atoms with Gasteiger partial charge in [0.2, 0.25) is 0 Å². The topological polar surface area (TPSA) is 70.6 Å². The molecule has 0 unspecified atom stereocenters. The van der Waals surface area contributed by atoms with Crippen molar-refractivity contribution in [3.8, 4) is 0 Å². The Morgan fingerprint density at radius 3 is 2.75 bits per heavy atom. The first-order chi connectivity index (χ1) is 9.45. The quantitative estimate of drug-likeness (QED) is 0.207. The molecule has 0 saturated carbocycles. The second kappa shape index (κ2) is 8.64. The lowest BCUT2D eigenvalue weighted by atomic mass is 9.86. The molecule has 1 rings (SSSR count). The lowest BCUT2D eigenvalue weighted by molar-refractivity contribution is 0.304. The van der Waals surface area contributed by atoms with E-state index >= 15 is 0 Å². The Labute approximate surface area is 133 Å². The fraction of sp³-hybridized carbons (Fsp3) is 0.643. The molecule has 4 nitrogen and oxygen atoms in total. The van der Waals surface area contributed by atoms with Gasteiger partial charge in [-0.2, -0.15) is 0 Å². The van der Waals surface area contributed by atoms with Crippen molar-refractivity contribution in [3.63, 3.8) is 0 Å².